The number of nitriles is 1. The molecule has 28 heavy (non-hydrogen) atoms. The Kier molecular flexibility index (Phi) is 4.83. The molecule has 8 heteroatoms. The summed E-state index contributed by atoms with van der Waals surface area (Å²) in [6.45, 7) is -2.99. The van der Waals surface area contributed by atoms with Crippen molar-refractivity contribution in [2.75, 3.05) is 0 Å². The van der Waals surface area contributed by atoms with Gasteiger partial charge in [-0.2, -0.15) is 19.0 Å². The molecule has 0 aliphatic heterocycles. The molecule has 4 rings (SSSR count). The number of ether oxygens (including phenoxy) is 1. The molecule has 0 radical (unpaired) electrons. The van der Waals surface area contributed by atoms with Crippen LogP contribution in [-0.2, 0) is 0 Å². The lowest BCUT2D eigenvalue weighted by atomic mass is 10.0. The molecule has 4 aromatic rings. The second-order valence-electron chi connectivity index (χ2n) is 5.65. The zero-order chi connectivity index (χ0) is 19.5. The first-order chi connectivity index (χ1) is 13.7. The average Bonchev–Trinajstić information content (AvgIpc) is 3.38. The second-order valence-corrected chi connectivity index (χ2v) is 6.59. The van der Waals surface area contributed by atoms with Crippen LogP contribution in [0.1, 0.15) is 11.5 Å². The van der Waals surface area contributed by atoms with Gasteiger partial charge in [-0.25, -0.2) is 0 Å². The molecule has 0 unspecified atom stereocenters. The Labute approximate surface area is 162 Å². The largest absolute Gasteiger partial charge is 0.434 e. The van der Waals surface area contributed by atoms with Crippen molar-refractivity contribution < 1.29 is 18.0 Å². The molecule has 138 valence electrons. The van der Waals surface area contributed by atoms with Crippen LogP contribution in [0, 0.1) is 11.3 Å². The van der Waals surface area contributed by atoms with Gasteiger partial charge in [0.05, 0.1) is 4.88 Å². The SMILES string of the molecule is N#C/C(=C\c1c(OC(F)F)ccc2ccccc12)c1nc(-c2cccs2)no1. The van der Waals surface area contributed by atoms with E-state index in [-0.39, 0.29) is 17.2 Å². The van der Waals surface area contributed by atoms with Gasteiger partial charge in [-0.15, -0.1) is 11.3 Å². The van der Waals surface area contributed by atoms with Crippen LogP contribution in [0.2, 0.25) is 0 Å². The molecule has 0 aliphatic carbocycles. The Morgan fingerprint density at radius 3 is 2.79 bits per heavy atom. The summed E-state index contributed by atoms with van der Waals surface area (Å²) in [5.74, 6) is 0.314. The van der Waals surface area contributed by atoms with Crippen molar-refractivity contribution in [2.45, 2.75) is 6.61 Å². The maximum Gasteiger partial charge on any atom is 0.387 e. The van der Waals surface area contributed by atoms with E-state index in [4.69, 9.17) is 4.52 Å². The highest BCUT2D eigenvalue weighted by Crippen LogP contribution is 2.33. The van der Waals surface area contributed by atoms with E-state index < -0.39 is 6.61 Å². The lowest BCUT2D eigenvalue weighted by Crippen LogP contribution is -2.03. The minimum Gasteiger partial charge on any atom is -0.434 e. The van der Waals surface area contributed by atoms with Crippen LogP contribution in [0.25, 0.3) is 33.1 Å². The fraction of sp³-hybridized carbons (Fsp3) is 0.0500. The average molecular weight is 395 g/mol. The number of benzene rings is 2. The van der Waals surface area contributed by atoms with E-state index in [1.807, 2.05) is 35.7 Å². The summed E-state index contributed by atoms with van der Waals surface area (Å²) in [6, 6.07) is 16.0. The molecule has 0 spiro atoms. The Bertz CT molecular complexity index is 1190. The monoisotopic (exact) mass is 395 g/mol. The third-order valence-corrected chi connectivity index (χ3v) is 4.82. The minimum atomic E-state index is -2.99. The molecular weight excluding hydrogens is 384 g/mol. The molecule has 0 bridgehead atoms. The summed E-state index contributed by atoms with van der Waals surface area (Å²) in [7, 11) is 0. The number of hydrogen-bond acceptors (Lipinski definition) is 6. The fourth-order valence-electron chi connectivity index (χ4n) is 2.75. The van der Waals surface area contributed by atoms with Crippen molar-refractivity contribution in [1.29, 1.82) is 5.26 Å². The highest BCUT2D eigenvalue weighted by atomic mass is 32.1. The molecule has 5 nitrogen and oxygen atoms in total. The summed E-state index contributed by atoms with van der Waals surface area (Å²) in [5, 5.41) is 16.8. The van der Waals surface area contributed by atoms with Crippen molar-refractivity contribution in [3.8, 4) is 22.5 Å². The van der Waals surface area contributed by atoms with Crippen LogP contribution >= 0.6 is 11.3 Å². The minimum absolute atomic E-state index is 0.00170. The predicted octanol–water partition coefficient (Wildman–Crippen LogP) is 5.62. The number of alkyl halides is 2. The lowest BCUT2D eigenvalue weighted by Gasteiger charge is -2.11. The predicted molar refractivity (Wildman–Crippen MR) is 102 cm³/mol. The Morgan fingerprint density at radius 1 is 1.18 bits per heavy atom. The van der Waals surface area contributed by atoms with Crippen LogP contribution in [0.3, 0.4) is 0 Å². The Morgan fingerprint density at radius 2 is 2.04 bits per heavy atom. The van der Waals surface area contributed by atoms with E-state index in [1.165, 1.54) is 23.5 Å². The summed E-state index contributed by atoms with van der Waals surface area (Å²) < 4.78 is 35.6. The number of rotatable bonds is 5. The lowest BCUT2D eigenvalue weighted by molar-refractivity contribution is -0.0498. The fourth-order valence-corrected chi connectivity index (χ4v) is 3.40. The number of allylic oxidation sites excluding steroid dienone is 1. The van der Waals surface area contributed by atoms with Gasteiger partial charge in [0.2, 0.25) is 5.82 Å². The highest BCUT2D eigenvalue weighted by Gasteiger charge is 2.17. The zero-order valence-electron chi connectivity index (χ0n) is 14.2. The summed E-state index contributed by atoms with van der Waals surface area (Å²) in [4.78, 5) is 5.03. The molecule has 0 saturated heterocycles. The number of fused-ring (bicyclic) bond motifs is 1. The number of thiophene rings is 1. The normalized spacial score (nSPS) is 11.7. The maximum absolute atomic E-state index is 12.9. The van der Waals surface area contributed by atoms with E-state index in [0.29, 0.717) is 16.8 Å². The van der Waals surface area contributed by atoms with Gasteiger partial charge in [0.1, 0.15) is 17.4 Å². The second kappa shape index (κ2) is 7.58. The first-order valence-corrected chi connectivity index (χ1v) is 9.00. The molecule has 0 amide bonds. The van der Waals surface area contributed by atoms with E-state index >= 15 is 0 Å². The molecule has 0 atom stereocenters. The van der Waals surface area contributed by atoms with Gasteiger partial charge in [-0.3, -0.25) is 0 Å². The summed E-state index contributed by atoms with van der Waals surface area (Å²) >= 11 is 1.43. The molecule has 0 saturated carbocycles. The van der Waals surface area contributed by atoms with E-state index in [1.54, 1.807) is 18.2 Å². The van der Waals surface area contributed by atoms with Crippen LogP contribution in [0.5, 0.6) is 5.75 Å². The van der Waals surface area contributed by atoms with Gasteiger partial charge in [0.25, 0.3) is 5.89 Å². The quantitative estimate of drug-likeness (QED) is 0.410. The third-order valence-electron chi connectivity index (χ3n) is 3.95. The van der Waals surface area contributed by atoms with Gasteiger partial charge in [-0.05, 0) is 34.4 Å². The standard InChI is InChI=1S/C20H11F2N3O2S/c21-20(22)26-16-8-7-12-4-1-2-5-14(12)15(16)10-13(11-23)19-24-18(25-27-19)17-6-3-9-28-17/h1-10,20H/b13-10+. The summed E-state index contributed by atoms with van der Waals surface area (Å²) in [5.41, 5.74) is 0.386. The van der Waals surface area contributed by atoms with Crippen LogP contribution in [0.4, 0.5) is 8.78 Å². The molecule has 2 heterocycles. The van der Waals surface area contributed by atoms with Crippen molar-refractivity contribution in [1.82, 2.24) is 10.1 Å². The van der Waals surface area contributed by atoms with Gasteiger partial charge in [-0.1, -0.05) is 41.6 Å². The van der Waals surface area contributed by atoms with Crippen LogP contribution in [0.15, 0.2) is 58.4 Å². The zero-order valence-corrected chi connectivity index (χ0v) is 15.0. The molecule has 2 aromatic carbocycles. The maximum atomic E-state index is 12.9. The number of halogens is 2. The third kappa shape index (κ3) is 3.48. The molecule has 0 aliphatic rings. The van der Waals surface area contributed by atoms with Gasteiger partial charge < -0.3 is 9.26 Å². The molecule has 0 N–H and O–H groups in total. The smallest absolute Gasteiger partial charge is 0.387 e. The van der Waals surface area contributed by atoms with E-state index in [0.717, 1.165) is 10.3 Å². The molecule has 0 fully saturated rings. The van der Waals surface area contributed by atoms with Crippen molar-refractivity contribution >= 4 is 33.8 Å². The topological polar surface area (TPSA) is 71.9 Å². The van der Waals surface area contributed by atoms with Crippen LogP contribution in [-0.4, -0.2) is 16.8 Å². The number of hydrogen-bond donors (Lipinski definition) is 0. The first-order valence-electron chi connectivity index (χ1n) is 8.12. The molecular formula is C20H11F2N3O2S. The molecule has 2 aromatic heterocycles. The Hall–Kier alpha value is -3.57. The highest BCUT2D eigenvalue weighted by molar-refractivity contribution is 7.13. The van der Waals surface area contributed by atoms with Crippen molar-refractivity contribution in [2.24, 2.45) is 0 Å². The van der Waals surface area contributed by atoms with Crippen molar-refractivity contribution in [3.05, 3.63) is 65.4 Å². The summed E-state index contributed by atoms with van der Waals surface area (Å²) in [6.07, 6.45) is 1.42. The van der Waals surface area contributed by atoms with Gasteiger partial charge in [0.15, 0.2) is 0 Å². The first kappa shape index (κ1) is 17.8. The van der Waals surface area contributed by atoms with Crippen molar-refractivity contribution in [3.63, 3.8) is 0 Å². The Balaban J connectivity index is 1.84. The van der Waals surface area contributed by atoms with Gasteiger partial charge >= 0.3 is 6.61 Å². The van der Waals surface area contributed by atoms with E-state index in [2.05, 4.69) is 14.9 Å². The number of nitrogens with zero attached hydrogens (tertiary/aromatic N) is 3. The van der Waals surface area contributed by atoms with E-state index in [9.17, 15) is 14.0 Å². The van der Waals surface area contributed by atoms with Crippen LogP contribution < -0.4 is 4.74 Å². The van der Waals surface area contributed by atoms with Gasteiger partial charge in [0, 0.05) is 5.56 Å². The number of aromatic nitrogens is 2.